The van der Waals surface area contributed by atoms with E-state index in [0.717, 1.165) is 5.69 Å². The fourth-order valence-corrected chi connectivity index (χ4v) is 3.72. The maximum atomic E-state index is 13.9. The first kappa shape index (κ1) is 21.0. The molecule has 142 valence electrons. The van der Waals surface area contributed by atoms with E-state index in [1.165, 1.54) is 24.3 Å². The van der Waals surface area contributed by atoms with Crippen molar-refractivity contribution >= 4 is 35.2 Å². The molecule has 0 saturated carbocycles. The molecule has 2 aromatic heterocycles. The van der Waals surface area contributed by atoms with Gasteiger partial charge < -0.3 is 9.67 Å². The Morgan fingerprint density at radius 3 is 2.63 bits per heavy atom. The molecular weight excluding hydrogens is 389 g/mol. The number of rotatable bonds is 5. The number of aromatic nitrogens is 2. The SMILES string of the molecule is CC(=O)c1s/c(=N\c2ccc(-c3ccccc3F)nc2)n(CCO)c1C.Cl. The number of carbonyl (C=O) groups is 1. The topological polar surface area (TPSA) is 67.5 Å². The molecule has 1 N–H and O–H groups in total. The smallest absolute Gasteiger partial charge is 0.190 e. The van der Waals surface area contributed by atoms with Gasteiger partial charge in [-0.15, -0.1) is 12.4 Å². The second-order valence-electron chi connectivity index (χ2n) is 5.72. The molecule has 0 aliphatic heterocycles. The lowest BCUT2D eigenvalue weighted by molar-refractivity contribution is 0.102. The van der Waals surface area contributed by atoms with Gasteiger partial charge in [0.2, 0.25) is 0 Å². The zero-order valence-electron chi connectivity index (χ0n) is 14.8. The first-order valence-corrected chi connectivity index (χ1v) is 8.90. The van der Waals surface area contributed by atoms with Crippen LogP contribution in [0.3, 0.4) is 0 Å². The van der Waals surface area contributed by atoms with Crippen molar-refractivity contribution in [3.8, 4) is 11.3 Å². The normalized spacial score (nSPS) is 11.3. The molecule has 0 spiro atoms. The van der Waals surface area contributed by atoms with E-state index < -0.39 is 0 Å². The highest BCUT2D eigenvalue weighted by atomic mass is 35.5. The number of thiazole rings is 1. The summed E-state index contributed by atoms with van der Waals surface area (Å²) in [5.41, 5.74) is 2.33. The average Bonchev–Trinajstić information content (AvgIpc) is 2.93. The van der Waals surface area contributed by atoms with Gasteiger partial charge in [0.05, 0.1) is 29.1 Å². The molecule has 5 nitrogen and oxygen atoms in total. The van der Waals surface area contributed by atoms with Crippen molar-refractivity contribution in [2.45, 2.75) is 20.4 Å². The van der Waals surface area contributed by atoms with Crippen LogP contribution in [-0.4, -0.2) is 27.0 Å². The summed E-state index contributed by atoms with van der Waals surface area (Å²) in [7, 11) is 0. The highest BCUT2D eigenvalue weighted by molar-refractivity contribution is 7.11. The Morgan fingerprint density at radius 2 is 2.04 bits per heavy atom. The molecule has 0 fully saturated rings. The van der Waals surface area contributed by atoms with Gasteiger partial charge in [0.25, 0.3) is 0 Å². The molecule has 0 radical (unpaired) electrons. The molecule has 3 rings (SSSR count). The third kappa shape index (κ3) is 4.50. The minimum absolute atomic E-state index is 0. The lowest BCUT2D eigenvalue weighted by Crippen LogP contribution is -2.18. The summed E-state index contributed by atoms with van der Waals surface area (Å²) in [4.78, 5) is 21.8. The maximum Gasteiger partial charge on any atom is 0.190 e. The van der Waals surface area contributed by atoms with Crippen molar-refractivity contribution in [1.29, 1.82) is 0 Å². The van der Waals surface area contributed by atoms with Crippen LogP contribution in [0.15, 0.2) is 47.6 Å². The number of aliphatic hydroxyl groups excluding tert-OH is 1. The number of pyridine rings is 1. The predicted molar refractivity (Wildman–Crippen MR) is 106 cm³/mol. The van der Waals surface area contributed by atoms with Crippen molar-refractivity contribution < 1.29 is 14.3 Å². The number of halogens is 2. The molecule has 0 aliphatic rings. The Balaban J connectivity index is 0.00000261. The molecule has 3 aromatic rings. The zero-order chi connectivity index (χ0) is 18.7. The maximum absolute atomic E-state index is 13.9. The van der Waals surface area contributed by atoms with E-state index in [-0.39, 0.29) is 30.6 Å². The van der Waals surface area contributed by atoms with Crippen LogP contribution in [0.4, 0.5) is 10.1 Å². The van der Waals surface area contributed by atoms with Crippen molar-refractivity contribution in [2.24, 2.45) is 4.99 Å². The van der Waals surface area contributed by atoms with Crippen molar-refractivity contribution in [3.63, 3.8) is 0 Å². The lowest BCUT2D eigenvalue weighted by Gasteiger charge is -2.04. The molecule has 27 heavy (non-hydrogen) atoms. The summed E-state index contributed by atoms with van der Waals surface area (Å²) < 4.78 is 15.7. The van der Waals surface area contributed by atoms with Gasteiger partial charge in [-0.1, -0.05) is 23.5 Å². The molecule has 0 atom stereocenters. The highest BCUT2D eigenvalue weighted by Gasteiger charge is 2.13. The summed E-state index contributed by atoms with van der Waals surface area (Å²) in [5.74, 6) is -0.362. The number of carbonyl (C=O) groups excluding carboxylic acids is 1. The molecule has 0 aliphatic carbocycles. The third-order valence-electron chi connectivity index (χ3n) is 3.92. The Morgan fingerprint density at radius 1 is 1.30 bits per heavy atom. The first-order chi connectivity index (χ1) is 12.5. The van der Waals surface area contributed by atoms with Gasteiger partial charge in [-0.3, -0.25) is 9.78 Å². The molecule has 1 aromatic carbocycles. The molecule has 0 unspecified atom stereocenters. The van der Waals surface area contributed by atoms with Crippen LogP contribution in [-0.2, 0) is 6.54 Å². The van der Waals surface area contributed by atoms with Crippen molar-refractivity contribution in [1.82, 2.24) is 9.55 Å². The van der Waals surface area contributed by atoms with E-state index in [1.54, 1.807) is 36.5 Å². The molecular formula is C19H19ClFN3O2S. The minimum Gasteiger partial charge on any atom is -0.395 e. The van der Waals surface area contributed by atoms with Crippen LogP contribution in [0.1, 0.15) is 22.3 Å². The van der Waals surface area contributed by atoms with E-state index in [4.69, 9.17) is 0 Å². The Labute approximate surface area is 166 Å². The van der Waals surface area contributed by atoms with Crippen LogP contribution >= 0.6 is 23.7 Å². The lowest BCUT2D eigenvalue weighted by atomic mass is 10.1. The minimum atomic E-state index is -0.328. The first-order valence-electron chi connectivity index (χ1n) is 8.09. The van der Waals surface area contributed by atoms with E-state index in [2.05, 4.69) is 9.98 Å². The van der Waals surface area contributed by atoms with Gasteiger partial charge in [-0.2, -0.15) is 0 Å². The quantitative estimate of drug-likeness (QED) is 0.652. The number of Topliss-reactive ketones (excluding diaryl/α,β-unsaturated/α-hetero) is 1. The predicted octanol–water partition coefficient (Wildman–Crippen LogP) is 3.91. The standard InChI is InChI=1S/C19H18FN3O2S.ClH/c1-12-18(13(2)25)26-19(23(12)9-10-24)22-14-7-8-17(21-11-14)15-5-3-4-6-16(15)20;/h3-8,11,24H,9-10H2,1-2H3;1H/b22-19-;. The van der Waals surface area contributed by atoms with Crippen molar-refractivity contribution in [3.05, 3.63) is 63.8 Å². The van der Waals surface area contributed by atoms with Crippen LogP contribution in [0.25, 0.3) is 11.3 Å². The molecule has 0 bridgehead atoms. The van der Waals surface area contributed by atoms with E-state index >= 15 is 0 Å². The Hall–Kier alpha value is -2.35. The van der Waals surface area contributed by atoms with E-state index in [0.29, 0.717) is 33.2 Å². The van der Waals surface area contributed by atoms with Crippen molar-refractivity contribution in [2.75, 3.05) is 6.61 Å². The van der Waals surface area contributed by atoms with Crippen LogP contribution < -0.4 is 4.80 Å². The van der Waals surface area contributed by atoms with Crippen LogP contribution in [0.2, 0.25) is 0 Å². The monoisotopic (exact) mass is 407 g/mol. The van der Waals surface area contributed by atoms with Crippen LogP contribution in [0, 0.1) is 12.7 Å². The summed E-state index contributed by atoms with van der Waals surface area (Å²) in [5, 5.41) is 9.28. The number of ketones is 1. The Kier molecular flexibility index (Phi) is 7.01. The van der Waals surface area contributed by atoms with E-state index in [1.807, 2.05) is 11.5 Å². The molecule has 0 saturated heterocycles. The fourth-order valence-electron chi connectivity index (χ4n) is 2.65. The zero-order valence-corrected chi connectivity index (χ0v) is 16.5. The molecule has 2 heterocycles. The third-order valence-corrected chi connectivity index (χ3v) is 5.20. The number of hydrogen-bond acceptors (Lipinski definition) is 5. The molecule has 8 heteroatoms. The van der Waals surface area contributed by atoms with E-state index in [9.17, 15) is 14.3 Å². The van der Waals surface area contributed by atoms with Gasteiger partial charge >= 0.3 is 0 Å². The van der Waals surface area contributed by atoms with Gasteiger partial charge in [0.1, 0.15) is 5.82 Å². The average molecular weight is 408 g/mol. The fraction of sp³-hybridized carbons (Fsp3) is 0.211. The summed E-state index contributed by atoms with van der Waals surface area (Å²) in [6, 6.07) is 9.92. The second-order valence-corrected chi connectivity index (χ2v) is 6.70. The number of benzene rings is 1. The number of hydrogen-bond donors (Lipinski definition) is 1. The van der Waals surface area contributed by atoms with Crippen LogP contribution in [0.5, 0.6) is 0 Å². The Bertz CT molecular complexity index is 1010. The summed E-state index contributed by atoms with van der Waals surface area (Å²) in [6.07, 6.45) is 1.56. The highest BCUT2D eigenvalue weighted by Crippen LogP contribution is 2.22. The second kappa shape index (κ2) is 9.03. The number of aliphatic hydroxyl groups is 1. The largest absolute Gasteiger partial charge is 0.395 e. The van der Waals surface area contributed by atoms with Gasteiger partial charge in [-0.25, -0.2) is 9.38 Å². The number of nitrogens with zero attached hydrogens (tertiary/aromatic N) is 3. The molecule has 0 amide bonds. The summed E-state index contributed by atoms with van der Waals surface area (Å²) in [6.45, 7) is 3.65. The van der Waals surface area contributed by atoms with Gasteiger partial charge in [0.15, 0.2) is 10.6 Å². The summed E-state index contributed by atoms with van der Waals surface area (Å²) >= 11 is 1.28. The van der Waals surface area contributed by atoms with Gasteiger partial charge in [0, 0.05) is 24.7 Å². The van der Waals surface area contributed by atoms with Gasteiger partial charge in [-0.05, 0) is 31.2 Å².